The smallest absolute Gasteiger partial charge is 0.246 e. The number of hydrogen-bond acceptors (Lipinski definition) is 2. The Labute approximate surface area is 130 Å². The second-order valence-electron chi connectivity index (χ2n) is 5.71. The third kappa shape index (κ3) is 1.84. The summed E-state index contributed by atoms with van der Waals surface area (Å²) in [5, 5.41) is 0. The molecule has 4 heteroatoms. The molecule has 1 aliphatic rings. The van der Waals surface area contributed by atoms with E-state index < -0.39 is 5.41 Å². The van der Waals surface area contributed by atoms with E-state index in [1.807, 2.05) is 54.6 Å². The highest BCUT2D eigenvalue weighted by Gasteiger charge is 2.52. The van der Waals surface area contributed by atoms with Gasteiger partial charge in [-0.05, 0) is 25.1 Å². The van der Waals surface area contributed by atoms with Crippen LogP contribution in [0.15, 0.2) is 54.6 Å². The summed E-state index contributed by atoms with van der Waals surface area (Å²) in [6, 6.07) is 16.8. The molecule has 1 aliphatic heterocycles. The summed E-state index contributed by atoms with van der Waals surface area (Å²) >= 11 is 0. The van der Waals surface area contributed by atoms with Crippen LogP contribution in [0.1, 0.15) is 12.5 Å². The standard InChI is InChI=1S/C18H18N2O2/c1-18(16(21)19(2)13-9-5-4-6-10-13)14-11-7-8-12-15(14)20(3)17(18)22/h4-12H,1-3H3/t18-/m1/s1. The largest absolute Gasteiger partial charge is 0.314 e. The van der Waals surface area contributed by atoms with Crippen molar-refractivity contribution in [3.8, 4) is 0 Å². The van der Waals surface area contributed by atoms with E-state index in [1.54, 1.807) is 30.8 Å². The van der Waals surface area contributed by atoms with Crippen LogP contribution in [0.3, 0.4) is 0 Å². The van der Waals surface area contributed by atoms with Gasteiger partial charge in [0, 0.05) is 31.0 Å². The lowest BCUT2D eigenvalue weighted by atomic mass is 9.82. The van der Waals surface area contributed by atoms with Crippen molar-refractivity contribution in [3.63, 3.8) is 0 Å². The molecule has 4 nitrogen and oxygen atoms in total. The zero-order chi connectivity index (χ0) is 15.9. The number of hydrogen-bond donors (Lipinski definition) is 0. The van der Waals surface area contributed by atoms with Gasteiger partial charge in [0.15, 0.2) is 5.41 Å². The monoisotopic (exact) mass is 294 g/mol. The zero-order valence-electron chi connectivity index (χ0n) is 12.9. The summed E-state index contributed by atoms with van der Waals surface area (Å²) in [6.07, 6.45) is 0. The van der Waals surface area contributed by atoms with Crippen LogP contribution >= 0.6 is 0 Å². The number of benzene rings is 2. The highest BCUT2D eigenvalue weighted by Crippen LogP contribution is 2.42. The Morgan fingerprint density at radius 3 is 2.32 bits per heavy atom. The first-order valence-electron chi connectivity index (χ1n) is 7.19. The maximum absolute atomic E-state index is 13.1. The molecule has 3 rings (SSSR count). The van der Waals surface area contributed by atoms with Gasteiger partial charge in [-0.15, -0.1) is 0 Å². The molecule has 0 spiro atoms. The third-order valence-corrected chi connectivity index (χ3v) is 4.41. The summed E-state index contributed by atoms with van der Waals surface area (Å²) in [4.78, 5) is 28.9. The molecule has 2 aromatic carbocycles. The maximum atomic E-state index is 13.1. The number of fused-ring (bicyclic) bond motifs is 1. The Morgan fingerprint density at radius 1 is 1.05 bits per heavy atom. The molecule has 1 heterocycles. The minimum Gasteiger partial charge on any atom is -0.314 e. The lowest BCUT2D eigenvalue weighted by molar-refractivity contribution is -0.132. The molecule has 1 atom stereocenters. The fourth-order valence-electron chi connectivity index (χ4n) is 3.06. The molecule has 0 radical (unpaired) electrons. The molecule has 0 fully saturated rings. The van der Waals surface area contributed by atoms with Gasteiger partial charge < -0.3 is 9.80 Å². The highest BCUT2D eigenvalue weighted by molar-refractivity contribution is 6.24. The van der Waals surface area contributed by atoms with Crippen molar-refractivity contribution in [2.24, 2.45) is 0 Å². The number of amides is 2. The Balaban J connectivity index is 2.07. The van der Waals surface area contributed by atoms with Crippen LogP contribution in [-0.2, 0) is 15.0 Å². The molecule has 0 N–H and O–H groups in total. The summed E-state index contributed by atoms with van der Waals surface area (Å²) in [5.41, 5.74) is 1.14. The number of carbonyl (C=O) groups excluding carboxylic acids is 2. The van der Waals surface area contributed by atoms with Crippen LogP contribution in [0.5, 0.6) is 0 Å². The van der Waals surface area contributed by atoms with Gasteiger partial charge in [-0.1, -0.05) is 36.4 Å². The first-order chi connectivity index (χ1) is 10.5. The van der Waals surface area contributed by atoms with E-state index in [0.717, 1.165) is 16.9 Å². The maximum Gasteiger partial charge on any atom is 0.246 e. The van der Waals surface area contributed by atoms with E-state index in [1.165, 1.54) is 0 Å². The lowest BCUT2D eigenvalue weighted by Gasteiger charge is -2.28. The Bertz CT molecular complexity index is 742. The van der Waals surface area contributed by atoms with Crippen LogP contribution in [-0.4, -0.2) is 25.9 Å². The van der Waals surface area contributed by atoms with E-state index >= 15 is 0 Å². The average molecular weight is 294 g/mol. The van der Waals surface area contributed by atoms with Crippen molar-refractivity contribution >= 4 is 23.2 Å². The van der Waals surface area contributed by atoms with Crippen molar-refractivity contribution in [2.45, 2.75) is 12.3 Å². The van der Waals surface area contributed by atoms with Gasteiger partial charge in [0.25, 0.3) is 0 Å². The second kappa shape index (κ2) is 4.98. The number of carbonyl (C=O) groups is 2. The average Bonchev–Trinajstić information content (AvgIpc) is 2.77. The minimum absolute atomic E-state index is 0.193. The van der Waals surface area contributed by atoms with Crippen LogP contribution in [0.4, 0.5) is 11.4 Å². The molecule has 2 aromatic rings. The molecule has 22 heavy (non-hydrogen) atoms. The molecule has 0 saturated heterocycles. The molecule has 2 amide bonds. The van der Waals surface area contributed by atoms with Crippen LogP contribution < -0.4 is 9.80 Å². The Morgan fingerprint density at radius 2 is 1.64 bits per heavy atom. The van der Waals surface area contributed by atoms with E-state index in [-0.39, 0.29) is 11.8 Å². The fourth-order valence-corrected chi connectivity index (χ4v) is 3.06. The predicted molar refractivity (Wildman–Crippen MR) is 87.1 cm³/mol. The van der Waals surface area contributed by atoms with Crippen molar-refractivity contribution in [2.75, 3.05) is 23.9 Å². The highest BCUT2D eigenvalue weighted by atomic mass is 16.2. The van der Waals surface area contributed by atoms with Gasteiger partial charge >= 0.3 is 0 Å². The molecule has 0 aromatic heterocycles. The van der Waals surface area contributed by atoms with Crippen LogP contribution in [0.2, 0.25) is 0 Å². The molecule has 0 bridgehead atoms. The first kappa shape index (κ1) is 14.3. The lowest BCUT2D eigenvalue weighted by Crippen LogP contribution is -2.49. The van der Waals surface area contributed by atoms with Crippen molar-refractivity contribution in [1.82, 2.24) is 0 Å². The van der Waals surface area contributed by atoms with Crippen molar-refractivity contribution in [1.29, 1.82) is 0 Å². The quantitative estimate of drug-likeness (QED) is 0.799. The van der Waals surface area contributed by atoms with E-state index in [2.05, 4.69) is 0 Å². The zero-order valence-corrected chi connectivity index (χ0v) is 12.9. The molecular formula is C18H18N2O2. The summed E-state index contributed by atoms with van der Waals surface area (Å²) in [7, 11) is 3.42. The van der Waals surface area contributed by atoms with Gasteiger partial charge in [-0.2, -0.15) is 0 Å². The SMILES string of the molecule is CN(C(=O)[C@]1(C)C(=O)N(C)c2ccccc21)c1ccccc1. The molecule has 0 unspecified atom stereocenters. The number of nitrogens with zero attached hydrogens (tertiary/aromatic N) is 2. The van der Waals surface area contributed by atoms with Crippen molar-refractivity contribution in [3.05, 3.63) is 60.2 Å². The van der Waals surface area contributed by atoms with Gasteiger partial charge in [-0.25, -0.2) is 0 Å². The third-order valence-electron chi connectivity index (χ3n) is 4.41. The summed E-state index contributed by atoms with van der Waals surface area (Å²) in [6.45, 7) is 1.71. The number of anilines is 2. The number of para-hydroxylation sites is 2. The van der Waals surface area contributed by atoms with Gasteiger partial charge in [0.1, 0.15) is 0 Å². The first-order valence-corrected chi connectivity index (χ1v) is 7.19. The molecule has 112 valence electrons. The van der Waals surface area contributed by atoms with E-state index in [4.69, 9.17) is 0 Å². The number of rotatable bonds is 2. The predicted octanol–water partition coefficient (Wildman–Crippen LogP) is 2.58. The molecular weight excluding hydrogens is 276 g/mol. The fraction of sp³-hybridized carbons (Fsp3) is 0.222. The van der Waals surface area contributed by atoms with E-state index in [0.29, 0.717) is 0 Å². The van der Waals surface area contributed by atoms with E-state index in [9.17, 15) is 9.59 Å². The summed E-state index contributed by atoms with van der Waals surface area (Å²) < 4.78 is 0. The second-order valence-corrected chi connectivity index (χ2v) is 5.71. The Kier molecular flexibility index (Phi) is 3.24. The van der Waals surface area contributed by atoms with Crippen LogP contribution in [0.25, 0.3) is 0 Å². The molecule has 0 saturated carbocycles. The van der Waals surface area contributed by atoms with Gasteiger partial charge in [0.05, 0.1) is 0 Å². The van der Waals surface area contributed by atoms with Crippen LogP contribution in [0, 0.1) is 0 Å². The topological polar surface area (TPSA) is 40.6 Å². The summed E-state index contributed by atoms with van der Waals surface area (Å²) in [5.74, 6) is -0.415. The number of likely N-dealkylation sites (N-methyl/N-ethyl adjacent to an activating group) is 2. The van der Waals surface area contributed by atoms with Gasteiger partial charge in [0.2, 0.25) is 11.8 Å². The minimum atomic E-state index is -1.18. The molecule has 0 aliphatic carbocycles. The normalized spacial score (nSPS) is 20.0. The van der Waals surface area contributed by atoms with Gasteiger partial charge in [-0.3, -0.25) is 9.59 Å². The van der Waals surface area contributed by atoms with Crippen molar-refractivity contribution < 1.29 is 9.59 Å². The Hall–Kier alpha value is -2.62.